The Kier molecular flexibility index (Phi) is 7.22. The van der Waals surface area contributed by atoms with Gasteiger partial charge in [0.1, 0.15) is 8.07 Å². The van der Waals surface area contributed by atoms with Crippen LogP contribution >= 0.6 is 0 Å². The summed E-state index contributed by atoms with van der Waals surface area (Å²) in [5, 5.41) is 1.41. The predicted molar refractivity (Wildman–Crippen MR) is 101 cm³/mol. The minimum absolute atomic E-state index is 0. The highest BCUT2D eigenvalue weighted by Gasteiger charge is 2.42. The first-order valence-corrected chi connectivity index (χ1v) is 11.8. The lowest BCUT2D eigenvalue weighted by molar-refractivity contribution is 0.366. The molecular weight excluding hydrogens is 310 g/mol. The molecule has 0 saturated heterocycles. The third-order valence-corrected chi connectivity index (χ3v) is 9.93. The second kappa shape index (κ2) is 7.38. The summed E-state index contributed by atoms with van der Waals surface area (Å²) in [5.41, 5.74) is 0.305. The molecule has 0 unspecified atom stereocenters. The van der Waals surface area contributed by atoms with Gasteiger partial charge in [-0.15, -0.1) is 0 Å². The molecule has 0 aliphatic carbocycles. The van der Waals surface area contributed by atoms with E-state index in [-0.39, 0.29) is 21.3 Å². The van der Waals surface area contributed by atoms with Crippen molar-refractivity contribution in [3.63, 3.8) is 0 Å². The summed E-state index contributed by atoms with van der Waals surface area (Å²) >= 11 is 0. The van der Waals surface area contributed by atoms with Gasteiger partial charge in [0.15, 0.2) is 0 Å². The second-order valence-corrected chi connectivity index (χ2v) is 15.0. The zero-order valence-electron chi connectivity index (χ0n) is 15.3. The lowest BCUT2D eigenvalue weighted by atomic mass is 9.97. The first-order valence-electron chi connectivity index (χ1n) is 7.60. The van der Waals surface area contributed by atoms with E-state index in [4.69, 9.17) is 0 Å². The molecular formula is C17H33NO2SSi. The van der Waals surface area contributed by atoms with E-state index in [1.165, 1.54) is 5.19 Å². The normalized spacial score (nSPS) is 15.8. The molecule has 0 amide bonds. The third kappa shape index (κ3) is 5.30. The Labute approximate surface area is 139 Å². The molecule has 22 heavy (non-hydrogen) atoms. The highest BCUT2D eigenvalue weighted by Crippen LogP contribution is 2.28. The van der Waals surface area contributed by atoms with Crippen molar-refractivity contribution in [2.75, 3.05) is 0 Å². The molecule has 0 radical (unpaired) electrons. The zero-order valence-corrected chi connectivity index (χ0v) is 17.1. The van der Waals surface area contributed by atoms with Crippen LogP contribution < -0.4 is 9.91 Å². The maximum Gasteiger partial charge on any atom is 0.100 e. The quantitative estimate of drug-likeness (QED) is 0.840. The van der Waals surface area contributed by atoms with Crippen LogP contribution in [-0.2, 0) is 11.0 Å². The fourth-order valence-corrected chi connectivity index (χ4v) is 8.70. The van der Waals surface area contributed by atoms with Gasteiger partial charge in [-0.2, -0.15) is 0 Å². The van der Waals surface area contributed by atoms with Crippen molar-refractivity contribution in [1.29, 1.82) is 0 Å². The van der Waals surface area contributed by atoms with E-state index in [0.29, 0.717) is 0 Å². The number of hydrogen-bond acceptors (Lipinski definition) is 1. The monoisotopic (exact) mass is 343 g/mol. The second-order valence-electron chi connectivity index (χ2n) is 8.39. The fraction of sp³-hybridized carbons (Fsp3) is 0.647. The van der Waals surface area contributed by atoms with Crippen molar-refractivity contribution in [3.8, 4) is 0 Å². The molecule has 2 atom stereocenters. The van der Waals surface area contributed by atoms with E-state index in [1.807, 2.05) is 20.8 Å². The zero-order chi connectivity index (χ0) is 16.5. The molecule has 0 spiro atoms. The van der Waals surface area contributed by atoms with Crippen LogP contribution in [0.15, 0.2) is 30.3 Å². The first kappa shape index (κ1) is 21.5. The van der Waals surface area contributed by atoms with E-state index in [9.17, 15) is 4.21 Å². The molecule has 3 N–H and O–H groups in total. The standard InChI is InChI=1S/C17H31NOSSi.H2O/c1-16(2,3)15(18-20(19)17(4,5)6)21(7,8)14-12-10-9-11-13-14;/h9-13,15,18H,1-8H3;1H2/t15-,20-;/m1./s1. The molecule has 0 aromatic heterocycles. The van der Waals surface area contributed by atoms with Gasteiger partial charge in [-0.25, -0.2) is 8.93 Å². The third-order valence-electron chi connectivity index (χ3n) is 3.89. The molecule has 1 aromatic rings. The van der Waals surface area contributed by atoms with Crippen molar-refractivity contribution in [1.82, 2.24) is 4.72 Å². The lowest BCUT2D eigenvalue weighted by Crippen LogP contribution is -2.65. The molecule has 128 valence electrons. The maximum atomic E-state index is 12.6. The number of hydrogen-bond donors (Lipinski definition) is 1. The summed E-state index contributed by atoms with van der Waals surface area (Å²) in [5.74, 6) is 0. The van der Waals surface area contributed by atoms with Crippen molar-refractivity contribution < 1.29 is 9.69 Å². The Hall–Kier alpha value is -0.493. The smallest absolute Gasteiger partial charge is 0.100 e. The SMILES string of the molecule is CC(C)(C)[C@H](N[S@](=O)C(C)(C)C)[Si](C)(C)c1ccccc1.O. The molecule has 3 nitrogen and oxygen atoms in total. The van der Waals surface area contributed by atoms with E-state index in [1.54, 1.807) is 0 Å². The van der Waals surface area contributed by atoms with Crippen LogP contribution in [0.2, 0.25) is 13.1 Å². The molecule has 0 aliphatic rings. The molecule has 1 aromatic carbocycles. The minimum Gasteiger partial charge on any atom is -0.412 e. The molecule has 0 heterocycles. The summed E-state index contributed by atoms with van der Waals surface area (Å²) in [6, 6.07) is 10.7. The average molecular weight is 344 g/mol. The van der Waals surface area contributed by atoms with Gasteiger partial charge in [-0.1, -0.05) is 69.4 Å². The Balaban J connectivity index is 0.00000441. The predicted octanol–water partition coefficient (Wildman–Crippen LogP) is 2.78. The summed E-state index contributed by atoms with van der Waals surface area (Å²) in [6.45, 7) is 17.5. The molecule has 0 bridgehead atoms. The maximum absolute atomic E-state index is 12.6. The summed E-state index contributed by atoms with van der Waals surface area (Å²) < 4.78 is 15.8. The highest BCUT2D eigenvalue weighted by molar-refractivity contribution is 7.84. The van der Waals surface area contributed by atoms with Crippen molar-refractivity contribution in [2.24, 2.45) is 5.41 Å². The van der Waals surface area contributed by atoms with E-state index in [2.05, 4.69) is 68.9 Å². The van der Waals surface area contributed by atoms with Crippen LogP contribution in [0.4, 0.5) is 0 Å². The Morgan fingerprint density at radius 2 is 1.45 bits per heavy atom. The van der Waals surface area contributed by atoms with Gasteiger partial charge in [0.25, 0.3) is 0 Å². The Morgan fingerprint density at radius 3 is 1.82 bits per heavy atom. The summed E-state index contributed by atoms with van der Waals surface area (Å²) in [7, 11) is -2.84. The van der Waals surface area contributed by atoms with Gasteiger partial charge < -0.3 is 5.48 Å². The van der Waals surface area contributed by atoms with Gasteiger partial charge in [0, 0.05) is 5.67 Å². The Morgan fingerprint density at radius 1 is 1.00 bits per heavy atom. The molecule has 5 heteroatoms. The minimum atomic E-state index is -1.79. The fourth-order valence-electron chi connectivity index (χ4n) is 2.72. The van der Waals surface area contributed by atoms with Gasteiger partial charge in [0.2, 0.25) is 0 Å². The van der Waals surface area contributed by atoms with E-state index >= 15 is 0 Å². The summed E-state index contributed by atoms with van der Waals surface area (Å²) in [6.07, 6.45) is 0. The van der Waals surface area contributed by atoms with Gasteiger partial charge in [0.05, 0.1) is 15.7 Å². The molecule has 1 rings (SSSR count). The van der Waals surface area contributed by atoms with Gasteiger partial charge in [-0.3, -0.25) is 0 Å². The van der Waals surface area contributed by atoms with Crippen molar-refractivity contribution in [2.45, 2.75) is 65.0 Å². The van der Waals surface area contributed by atoms with Crippen molar-refractivity contribution in [3.05, 3.63) is 30.3 Å². The average Bonchev–Trinajstić information content (AvgIpc) is 2.33. The molecule has 0 aliphatic heterocycles. The van der Waals surface area contributed by atoms with E-state index in [0.717, 1.165) is 0 Å². The van der Waals surface area contributed by atoms with Crippen LogP contribution in [0.3, 0.4) is 0 Å². The number of rotatable bonds is 4. The van der Waals surface area contributed by atoms with Gasteiger partial charge >= 0.3 is 0 Å². The van der Waals surface area contributed by atoms with Crippen LogP contribution in [0.5, 0.6) is 0 Å². The first-order chi connectivity index (χ1) is 9.37. The van der Waals surface area contributed by atoms with Crippen molar-refractivity contribution >= 4 is 24.2 Å². The topological polar surface area (TPSA) is 60.6 Å². The van der Waals surface area contributed by atoms with E-state index < -0.39 is 19.1 Å². The highest BCUT2D eigenvalue weighted by atomic mass is 32.2. The molecule has 0 fully saturated rings. The summed E-state index contributed by atoms with van der Waals surface area (Å²) in [4.78, 5) is 0. The van der Waals surface area contributed by atoms with Crippen LogP contribution in [0.1, 0.15) is 41.5 Å². The number of nitrogens with one attached hydrogen (secondary N) is 1. The Bertz CT molecular complexity index is 490. The lowest BCUT2D eigenvalue weighted by Gasteiger charge is -2.43. The molecule has 0 saturated carbocycles. The van der Waals surface area contributed by atoms with Crippen LogP contribution in [-0.4, -0.2) is 28.2 Å². The number of benzene rings is 1. The van der Waals surface area contributed by atoms with Crippen LogP contribution in [0, 0.1) is 5.41 Å². The van der Waals surface area contributed by atoms with Crippen LogP contribution in [0.25, 0.3) is 0 Å². The largest absolute Gasteiger partial charge is 0.412 e. The van der Waals surface area contributed by atoms with Gasteiger partial charge in [-0.05, 0) is 26.2 Å².